The van der Waals surface area contributed by atoms with Crippen LogP contribution >= 0.6 is 0 Å². The molecule has 2 saturated heterocycles. The minimum Gasteiger partial charge on any atom is -0.376 e. The van der Waals surface area contributed by atoms with Crippen molar-refractivity contribution in [1.29, 1.82) is 0 Å². The topological polar surface area (TPSA) is 116 Å². The molecule has 3 aliphatic heterocycles. The van der Waals surface area contributed by atoms with E-state index in [0.717, 1.165) is 32.1 Å². The number of aromatic nitrogens is 2. The average Bonchev–Trinajstić information content (AvgIpc) is 3.46. The van der Waals surface area contributed by atoms with E-state index in [-0.39, 0.29) is 48.9 Å². The van der Waals surface area contributed by atoms with E-state index in [9.17, 15) is 14.4 Å². The Morgan fingerprint density at radius 3 is 2.92 bits per heavy atom. The van der Waals surface area contributed by atoms with Crippen LogP contribution in [0.2, 0.25) is 0 Å². The smallest absolute Gasteiger partial charge is 0.255 e. The molecule has 1 unspecified atom stereocenters. The number of rotatable bonds is 5. The number of nitrogens with zero attached hydrogens (tertiary/aromatic N) is 2. The second-order valence-electron chi connectivity index (χ2n) is 10.3. The molecular weight excluding hydrogens is 465 g/mol. The molecule has 0 radical (unpaired) electrons. The van der Waals surface area contributed by atoms with Crippen LogP contribution in [0.25, 0.3) is 0 Å². The van der Waals surface area contributed by atoms with Crippen LogP contribution < -0.4 is 10.6 Å². The lowest BCUT2D eigenvalue weighted by atomic mass is 9.90. The van der Waals surface area contributed by atoms with Gasteiger partial charge in [-0.25, -0.2) is 4.39 Å². The molecule has 3 N–H and O–H groups in total. The minimum atomic E-state index is -0.758. The highest BCUT2D eigenvalue weighted by Gasteiger charge is 2.41. The second-order valence-corrected chi connectivity index (χ2v) is 10.3. The Bertz CT molecular complexity index is 1210. The van der Waals surface area contributed by atoms with E-state index in [1.165, 1.54) is 16.2 Å². The van der Waals surface area contributed by atoms with Gasteiger partial charge in [-0.05, 0) is 49.3 Å². The number of carbonyl (C=O) groups excluding carboxylic acids is 3. The van der Waals surface area contributed by atoms with Gasteiger partial charge in [0, 0.05) is 54.8 Å². The Hall–Kier alpha value is -3.11. The van der Waals surface area contributed by atoms with Gasteiger partial charge in [-0.3, -0.25) is 24.8 Å². The normalized spacial score (nSPS) is 28.1. The molecule has 1 aromatic heterocycles. The number of fused-ring (bicyclic) bond motifs is 2. The Labute approximate surface area is 208 Å². The van der Waals surface area contributed by atoms with Crippen LogP contribution in [0.1, 0.15) is 64.8 Å². The van der Waals surface area contributed by atoms with E-state index in [4.69, 9.17) is 4.74 Å². The Morgan fingerprint density at radius 1 is 1.17 bits per heavy atom. The fraction of sp³-hybridized carbons (Fsp3) is 0.538. The molecule has 6 rings (SSSR count). The van der Waals surface area contributed by atoms with Gasteiger partial charge in [0.15, 0.2) is 0 Å². The lowest BCUT2D eigenvalue weighted by Crippen LogP contribution is -2.52. The largest absolute Gasteiger partial charge is 0.376 e. The van der Waals surface area contributed by atoms with Crippen LogP contribution in [0.5, 0.6) is 0 Å². The van der Waals surface area contributed by atoms with E-state index >= 15 is 4.39 Å². The third kappa shape index (κ3) is 4.22. The zero-order valence-electron chi connectivity index (χ0n) is 20.0. The third-order valence-corrected chi connectivity index (χ3v) is 8.06. The molecule has 4 aliphatic rings. The molecule has 3 amide bonds. The third-order valence-electron chi connectivity index (χ3n) is 8.06. The number of hydrogen-bond acceptors (Lipinski definition) is 6. The first-order chi connectivity index (χ1) is 17.5. The van der Waals surface area contributed by atoms with E-state index in [1.54, 1.807) is 12.1 Å². The van der Waals surface area contributed by atoms with Gasteiger partial charge in [-0.15, -0.1) is 0 Å². The highest BCUT2D eigenvalue weighted by atomic mass is 19.1. The number of benzene rings is 1. The monoisotopic (exact) mass is 495 g/mol. The number of nitrogens with one attached hydrogen (secondary N) is 3. The van der Waals surface area contributed by atoms with E-state index in [1.807, 2.05) is 6.20 Å². The summed E-state index contributed by atoms with van der Waals surface area (Å²) >= 11 is 0. The summed E-state index contributed by atoms with van der Waals surface area (Å²) in [6.45, 7) is 0.675. The number of H-pyrrole nitrogens is 1. The first-order valence-electron chi connectivity index (χ1n) is 12.8. The number of amides is 3. The van der Waals surface area contributed by atoms with Gasteiger partial charge >= 0.3 is 0 Å². The number of halogens is 1. The van der Waals surface area contributed by atoms with Crippen molar-refractivity contribution in [3.63, 3.8) is 0 Å². The number of carbonyl (C=O) groups is 3. The maximum Gasteiger partial charge on any atom is 0.255 e. The predicted octanol–water partition coefficient (Wildman–Crippen LogP) is 1.55. The van der Waals surface area contributed by atoms with Crippen molar-refractivity contribution in [2.75, 3.05) is 6.61 Å². The number of aromatic amines is 1. The van der Waals surface area contributed by atoms with Gasteiger partial charge in [0.25, 0.3) is 5.91 Å². The summed E-state index contributed by atoms with van der Waals surface area (Å²) in [5.74, 6) is -1.61. The van der Waals surface area contributed by atoms with Crippen molar-refractivity contribution < 1.29 is 23.5 Å². The molecular formula is C26H30FN5O4. The molecule has 0 saturated carbocycles. The van der Waals surface area contributed by atoms with Crippen molar-refractivity contribution >= 4 is 17.7 Å². The van der Waals surface area contributed by atoms with Crippen molar-refractivity contribution in [1.82, 2.24) is 25.7 Å². The van der Waals surface area contributed by atoms with E-state index < -0.39 is 17.8 Å². The molecule has 190 valence electrons. The van der Waals surface area contributed by atoms with Crippen molar-refractivity contribution in [2.24, 2.45) is 0 Å². The summed E-state index contributed by atoms with van der Waals surface area (Å²) in [7, 11) is 0. The maximum absolute atomic E-state index is 15.7. The van der Waals surface area contributed by atoms with Gasteiger partial charge in [0.05, 0.1) is 18.8 Å². The van der Waals surface area contributed by atoms with Crippen LogP contribution in [-0.2, 0) is 40.1 Å². The number of ether oxygens (including phenoxy) is 1. The quantitative estimate of drug-likeness (QED) is 0.542. The summed E-state index contributed by atoms with van der Waals surface area (Å²) in [5, 5.41) is 13.3. The zero-order chi connectivity index (χ0) is 24.8. The van der Waals surface area contributed by atoms with E-state index in [0.29, 0.717) is 30.2 Å². The molecule has 2 aromatic rings. The highest BCUT2D eigenvalue weighted by Crippen LogP contribution is 2.32. The van der Waals surface area contributed by atoms with Crippen molar-refractivity contribution in [2.45, 2.75) is 82.1 Å². The Morgan fingerprint density at radius 2 is 2.06 bits per heavy atom. The van der Waals surface area contributed by atoms with E-state index in [2.05, 4.69) is 20.8 Å². The summed E-state index contributed by atoms with van der Waals surface area (Å²) in [6.07, 6.45) is 7.39. The summed E-state index contributed by atoms with van der Waals surface area (Å²) in [5.41, 5.74) is 3.59. The Balaban J connectivity index is 1.16. The predicted molar refractivity (Wildman–Crippen MR) is 126 cm³/mol. The number of imide groups is 1. The van der Waals surface area contributed by atoms with Gasteiger partial charge in [-0.2, -0.15) is 5.10 Å². The molecule has 36 heavy (non-hydrogen) atoms. The molecule has 4 heterocycles. The lowest BCUT2D eigenvalue weighted by Gasteiger charge is -2.36. The molecule has 2 fully saturated rings. The summed E-state index contributed by atoms with van der Waals surface area (Å²) in [4.78, 5) is 38.2. The minimum absolute atomic E-state index is 0.0297. The van der Waals surface area contributed by atoms with Crippen LogP contribution in [0.3, 0.4) is 0 Å². The van der Waals surface area contributed by atoms with Gasteiger partial charge in [0.1, 0.15) is 11.9 Å². The van der Waals surface area contributed by atoms with Crippen LogP contribution in [-0.4, -0.2) is 63.7 Å². The summed E-state index contributed by atoms with van der Waals surface area (Å²) < 4.78 is 21.8. The second kappa shape index (κ2) is 9.40. The summed E-state index contributed by atoms with van der Waals surface area (Å²) in [6, 6.07) is 3.01. The van der Waals surface area contributed by atoms with Gasteiger partial charge in [-0.1, -0.05) is 6.07 Å². The zero-order valence-corrected chi connectivity index (χ0v) is 20.0. The first kappa shape index (κ1) is 23.3. The number of piperidine rings is 1. The SMILES string of the molecule is O=C1CCC(N2Cc3c(ccc(C[C@H]4OCCC[C@@H]4N[C@@H]4CCc5cn[nH]c5C4)c3F)C2=O)C(=O)N1. The number of hydrogen-bond donors (Lipinski definition) is 3. The molecule has 9 nitrogen and oxygen atoms in total. The van der Waals surface area contributed by atoms with Crippen molar-refractivity contribution in [3.8, 4) is 0 Å². The first-order valence-corrected chi connectivity index (χ1v) is 12.8. The standard InChI is InChI=1S/C26H30FN5O4/c27-24-14(4-6-17-18(24)13-32(26(17)35)21-7-8-23(33)30-25(21)34)10-22-19(2-1-9-36-22)29-16-5-3-15-12-28-31-20(15)11-16/h4,6,12,16,19,21-22,29H,1-3,5,7-11,13H2,(H,28,31)(H,30,33,34)/t16-,19+,21?,22-/m1/s1. The van der Waals surface area contributed by atoms with Crippen LogP contribution in [0.4, 0.5) is 4.39 Å². The highest BCUT2D eigenvalue weighted by molar-refractivity contribution is 6.05. The molecule has 1 aliphatic carbocycles. The Kier molecular flexibility index (Phi) is 6.08. The molecule has 0 bridgehead atoms. The van der Waals surface area contributed by atoms with Gasteiger partial charge < -0.3 is 15.0 Å². The molecule has 4 atom stereocenters. The fourth-order valence-corrected chi connectivity index (χ4v) is 6.11. The van der Waals surface area contributed by atoms with Gasteiger partial charge in [0.2, 0.25) is 11.8 Å². The number of aryl methyl sites for hydroxylation is 1. The van der Waals surface area contributed by atoms with Crippen LogP contribution in [0.15, 0.2) is 18.3 Å². The molecule has 10 heteroatoms. The lowest BCUT2D eigenvalue weighted by molar-refractivity contribution is -0.136. The van der Waals surface area contributed by atoms with Crippen molar-refractivity contribution in [3.05, 3.63) is 52.1 Å². The molecule has 1 aromatic carbocycles. The van der Waals surface area contributed by atoms with Crippen LogP contribution in [0, 0.1) is 5.82 Å². The maximum atomic E-state index is 15.7. The average molecular weight is 496 g/mol. The molecule has 0 spiro atoms. The fourth-order valence-electron chi connectivity index (χ4n) is 6.11.